The number of benzene rings is 3. The van der Waals surface area contributed by atoms with Crippen molar-refractivity contribution in [1.29, 1.82) is 5.26 Å². The minimum Gasteiger partial charge on any atom is -0.491 e. The lowest BCUT2D eigenvalue weighted by Crippen LogP contribution is -2.32. The van der Waals surface area contributed by atoms with E-state index in [2.05, 4.69) is 28.5 Å². The number of hydrogen-bond acceptors (Lipinski definition) is 4. The van der Waals surface area contributed by atoms with Crippen molar-refractivity contribution in [3.05, 3.63) is 120 Å². The normalized spacial score (nSPS) is 13.8. The second kappa shape index (κ2) is 10.7. The number of nitriles is 1. The number of ether oxygens (including phenoxy) is 1. The Morgan fingerprint density at radius 1 is 0.879 bits per heavy atom. The second-order valence-corrected chi connectivity index (χ2v) is 7.47. The van der Waals surface area contributed by atoms with Gasteiger partial charge in [0.1, 0.15) is 11.4 Å². The van der Waals surface area contributed by atoms with Crippen LogP contribution in [0, 0.1) is 11.3 Å². The van der Waals surface area contributed by atoms with Gasteiger partial charge in [0.2, 0.25) is 0 Å². The van der Waals surface area contributed by atoms with E-state index in [1.165, 1.54) is 5.56 Å². The first-order valence-corrected chi connectivity index (χ1v) is 10.7. The highest BCUT2D eigenvalue weighted by Crippen LogP contribution is 2.29. The lowest BCUT2D eigenvalue weighted by molar-refractivity contribution is 0.0923. The Bertz CT molecular complexity index is 1230. The van der Waals surface area contributed by atoms with Crippen LogP contribution in [-0.2, 0) is 0 Å². The predicted molar refractivity (Wildman–Crippen MR) is 128 cm³/mol. The Balaban J connectivity index is 0.000000165. The first-order valence-electron chi connectivity index (χ1n) is 10.7. The van der Waals surface area contributed by atoms with Crippen molar-refractivity contribution in [2.75, 3.05) is 6.61 Å². The van der Waals surface area contributed by atoms with Crippen LogP contribution in [0.4, 0.5) is 0 Å². The number of amides is 1. The zero-order valence-electron chi connectivity index (χ0n) is 18.0. The number of carbonyl (C=O) groups is 1. The summed E-state index contributed by atoms with van der Waals surface area (Å²) in [7, 11) is 0. The van der Waals surface area contributed by atoms with Crippen LogP contribution in [-0.4, -0.2) is 17.5 Å². The second-order valence-electron chi connectivity index (χ2n) is 7.47. The summed E-state index contributed by atoms with van der Waals surface area (Å²) in [5.74, 6) is 0.677. The van der Waals surface area contributed by atoms with Crippen LogP contribution in [0.2, 0.25) is 0 Å². The van der Waals surface area contributed by atoms with Crippen LogP contribution in [0.3, 0.4) is 0 Å². The van der Waals surface area contributed by atoms with Gasteiger partial charge in [0.05, 0.1) is 24.3 Å². The quantitative estimate of drug-likeness (QED) is 0.459. The van der Waals surface area contributed by atoms with Crippen LogP contribution in [0.5, 0.6) is 5.75 Å². The molecule has 1 aliphatic rings. The Kier molecular flexibility index (Phi) is 7.09. The SMILES string of the molecule is N#Cc1ccc(-c2ccccc2)cc1.O=C(NC1CCOc2cccnc21)c1ccccc1. The maximum Gasteiger partial charge on any atom is 0.251 e. The lowest BCUT2D eigenvalue weighted by Gasteiger charge is -2.25. The molecule has 0 bridgehead atoms. The summed E-state index contributed by atoms with van der Waals surface area (Å²) < 4.78 is 5.53. The van der Waals surface area contributed by atoms with Gasteiger partial charge in [-0.25, -0.2) is 0 Å². The maximum atomic E-state index is 12.1. The molecule has 5 rings (SSSR count). The largest absolute Gasteiger partial charge is 0.491 e. The average molecular weight is 434 g/mol. The van der Waals surface area contributed by atoms with Gasteiger partial charge < -0.3 is 10.1 Å². The molecule has 162 valence electrons. The van der Waals surface area contributed by atoms with Crippen molar-refractivity contribution in [1.82, 2.24) is 10.3 Å². The summed E-state index contributed by atoms with van der Waals surface area (Å²) in [6.07, 6.45) is 2.46. The zero-order chi connectivity index (χ0) is 22.9. The van der Waals surface area contributed by atoms with Crippen molar-refractivity contribution in [3.8, 4) is 22.9 Å². The van der Waals surface area contributed by atoms with E-state index in [1.807, 2.05) is 72.8 Å². The van der Waals surface area contributed by atoms with Crippen LogP contribution in [0.25, 0.3) is 11.1 Å². The van der Waals surface area contributed by atoms with Gasteiger partial charge in [-0.15, -0.1) is 0 Å². The molecule has 1 amide bonds. The van der Waals surface area contributed by atoms with E-state index in [0.29, 0.717) is 17.7 Å². The summed E-state index contributed by atoms with van der Waals surface area (Å²) in [6, 6.07) is 32.7. The maximum absolute atomic E-state index is 12.1. The summed E-state index contributed by atoms with van der Waals surface area (Å²) in [4.78, 5) is 16.5. The van der Waals surface area contributed by atoms with E-state index in [-0.39, 0.29) is 11.9 Å². The van der Waals surface area contributed by atoms with Crippen molar-refractivity contribution in [3.63, 3.8) is 0 Å². The minimum atomic E-state index is -0.0855. The topological polar surface area (TPSA) is 75.0 Å². The third-order valence-electron chi connectivity index (χ3n) is 5.26. The molecule has 0 spiro atoms. The monoisotopic (exact) mass is 433 g/mol. The molecule has 0 aliphatic carbocycles. The van der Waals surface area contributed by atoms with Gasteiger partial charge in [0, 0.05) is 18.2 Å². The van der Waals surface area contributed by atoms with E-state index >= 15 is 0 Å². The van der Waals surface area contributed by atoms with Crippen molar-refractivity contribution in [2.24, 2.45) is 0 Å². The van der Waals surface area contributed by atoms with Gasteiger partial charge >= 0.3 is 0 Å². The van der Waals surface area contributed by atoms with E-state index < -0.39 is 0 Å². The Hall–Kier alpha value is -4.43. The summed E-state index contributed by atoms with van der Waals surface area (Å²) in [6.45, 7) is 0.596. The van der Waals surface area contributed by atoms with E-state index in [1.54, 1.807) is 18.3 Å². The minimum absolute atomic E-state index is 0.0795. The lowest BCUT2D eigenvalue weighted by atomic mass is 10.0. The summed E-state index contributed by atoms with van der Waals surface area (Å²) in [5, 5.41) is 11.7. The first-order chi connectivity index (χ1) is 16.2. The molecule has 0 fully saturated rings. The molecule has 1 aromatic heterocycles. The van der Waals surface area contributed by atoms with Gasteiger partial charge in [-0.05, 0) is 47.5 Å². The molecule has 0 radical (unpaired) electrons. The molecule has 33 heavy (non-hydrogen) atoms. The third-order valence-corrected chi connectivity index (χ3v) is 5.26. The number of nitrogens with one attached hydrogen (secondary N) is 1. The third kappa shape index (κ3) is 5.63. The molecule has 1 N–H and O–H groups in total. The van der Waals surface area contributed by atoms with Crippen LogP contribution in [0.15, 0.2) is 103 Å². The smallest absolute Gasteiger partial charge is 0.251 e. The molecular formula is C28H23N3O2. The molecule has 1 unspecified atom stereocenters. The molecule has 5 nitrogen and oxygen atoms in total. The number of hydrogen-bond donors (Lipinski definition) is 1. The standard InChI is InChI=1S/C15H14N2O2.C13H9N/c18-15(11-5-2-1-3-6-11)17-12-8-10-19-13-7-4-9-16-14(12)13;14-10-11-6-8-13(9-7-11)12-4-2-1-3-5-12/h1-7,9,12H,8,10H2,(H,17,18);1-9H. The molecule has 2 heterocycles. The number of carbonyl (C=O) groups excluding carboxylic acids is 1. The number of rotatable bonds is 3. The molecule has 3 aromatic carbocycles. The molecule has 4 aromatic rings. The molecule has 5 heteroatoms. The number of pyridine rings is 1. The molecule has 0 saturated heterocycles. The van der Waals surface area contributed by atoms with Gasteiger partial charge in [-0.1, -0.05) is 60.7 Å². The van der Waals surface area contributed by atoms with Crippen molar-refractivity contribution >= 4 is 5.91 Å². The zero-order valence-corrected chi connectivity index (χ0v) is 18.0. The first kappa shape index (κ1) is 21.8. The number of aromatic nitrogens is 1. The number of fused-ring (bicyclic) bond motifs is 1. The highest BCUT2D eigenvalue weighted by Gasteiger charge is 2.24. The van der Waals surface area contributed by atoms with Gasteiger partial charge in [0.15, 0.2) is 0 Å². The van der Waals surface area contributed by atoms with E-state index in [4.69, 9.17) is 10.00 Å². The van der Waals surface area contributed by atoms with E-state index in [0.717, 1.165) is 23.4 Å². The molecule has 1 aliphatic heterocycles. The predicted octanol–water partition coefficient (Wildman–Crippen LogP) is 5.56. The van der Waals surface area contributed by atoms with Gasteiger partial charge in [-0.2, -0.15) is 5.26 Å². The van der Waals surface area contributed by atoms with Crippen LogP contribution in [0.1, 0.15) is 34.1 Å². The van der Waals surface area contributed by atoms with E-state index in [9.17, 15) is 4.79 Å². The van der Waals surface area contributed by atoms with Crippen LogP contribution >= 0.6 is 0 Å². The highest BCUT2D eigenvalue weighted by molar-refractivity contribution is 5.94. The molecular weight excluding hydrogens is 410 g/mol. The highest BCUT2D eigenvalue weighted by atomic mass is 16.5. The fourth-order valence-corrected chi connectivity index (χ4v) is 3.55. The fraction of sp³-hybridized carbons (Fsp3) is 0.107. The fourth-order valence-electron chi connectivity index (χ4n) is 3.55. The number of nitrogens with zero attached hydrogens (tertiary/aromatic N) is 2. The summed E-state index contributed by atoms with van der Waals surface area (Å²) in [5.41, 5.74) is 4.48. The van der Waals surface area contributed by atoms with Crippen LogP contribution < -0.4 is 10.1 Å². The Morgan fingerprint density at radius 2 is 1.55 bits per heavy atom. The molecule has 0 saturated carbocycles. The Morgan fingerprint density at radius 3 is 2.24 bits per heavy atom. The van der Waals surface area contributed by atoms with Gasteiger partial charge in [0.25, 0.3) is 5.91 Å². The average Bonchev–Trinajstić information content (AvgIpc) is 2.90. The van der Waals surface area contributed by atoms with Crippen molar-refractivity contribution < 1.29 is 9.53 Å². The van der Waals surface area contributed by atoms with Gasteiger partial charge in [-0.3, -0.25) is 9.78 Å². The van der Waals surface area contributed by atoms with Crippen molar-refractivity contribution in [2.45, 2.75) is 12.5 Å². The summed E-state index contributed by atoms with van der Waals surface area (Å²) >= 11 is 0. The Labute approximate surface area is 193 Å². The molecule has 1 atom stereocenters.